The van der Waals surface area contributed by atoms with E-state index >= 15 is 0 Å². The highest BCUT2D eigenvalue weighted by molar-refractivity contribution is 6.42. The van der Waals surface area contributed by atoms with Gasteiger partial charge in [-0.3, -0.25) is 9.69 Å². The third kappa shape index (κ3) is 3.84. The number of hydrogen-bond acceptors (Lipinski definition) is 4. The maximum Gasteiger partial charge on any atom is 0.339 e. The van der Waals surface area contributed by atoms with Gasteiger partial charge >= 0.3 is 12.0 Å². The quantitative estimate of drug-likeness (QED) is 0.596. The van der Waals surface area contributed by atoms with Gasteiger partial charge in [0, 0.05) is 5.69 Å². The smallest absolute Gasteiger partial charge is 0.339 e. The molecule has 2 aromatic rings. The van der Waals surface area contributed by atoms with Crippen LogP contribution in [0.5, 0.6) is 0 Å². The SMILES string of the molecule is CCOC(=O)[C@H]1C(=O)Nc2ccccc2N1C(=O)Nc1ccc(Cl)c(Cl)c1. The number of halogens is 2. The fourth-order valence-corrected chi connectivity index (χ4v) is 2.96. The molecule has 0 saturated carbocycles. The van der Waals surface area contributed by atoms with E-state index in [0.29, 0.717) is 22.1 Å². The number of rotatable bonds is 3. The van der Waals surface area contributed by atoms with Gasteiger partial charge in [-0.1, -0.05) is 35.3 Å². The Morgan fingerprint density at radius 3 is 2.63 bits per heavy atom. The van der Waals surface area contributed by atoms with E-state index in [1.165, 1.54) is 12.1 Å². The first-order valence-electron chi connectivity index (χ1n) is 8.04. The summed E-state index contributed by atoms with van der Waals surface area (Å²) < 4.78 is 4.97. The Hall–Kier alpha value is -2.77. The van der Waals surface area contributed by atoms with Crippen molar-refractivity contribution in [3.05, 3.63) is 52.5 Å². The number of carbonyl (C=O) groups is 3. The Kier molecular flexibility index (Phi) is 5.53. The lowest BCUT2D eigenvalue weighted by Crippen LogP contribution is -2.56. The molecule has 140 valence electrons. The van der Waals surface area contributed by atoms with Gasteiger partial charge in [-0.15, -0.1) is 0 Å². The van der Waals surface area contributed by atoms with E-state index in [-0.39, 0.29) is 11.6 Å². The molecule has 1 aliphatic rings. The van der Waals surface area contributed by atoms with Crippen molar-refractivity contribution >= 4 is 58.2 Å². The second-order valence-electron chi connectivity index (χ2n) is 5.59. The van der Waals surface area contributed by atoms with Gasteiger partial charge in [-0.25, -0.2) is 9.59 Å². The van der Waals surface area contributed by atoms with Gasteiger partial charge in [0.2, 0.25) is 6.04 Å². The topological polar surface area (TPSA) is 87.7 Å². The Balaban J connectivity index is 1.98. The Morgan fingerprint density at radius 1 is 1.19 bits per heavy atom. The molecule has 3 rings (SSSR count). The highest BCUT2D eigenvalue weighted by atomic mass is 35.5. The fraction of sp³-hybridized carbons (Fsp3) is 0.167. The number of amides is 3. The third-order valence-electron chi connectivity index (χ3n) is 3.83. The van der Waals surface area contributed by atoms with Crippen LogP contribution in [0.15, 0.2) is 42.5 Å². The molecule has 1 atom stereocenters. The molecular weight excluding hydrogens is 393 g/mol. The highest BCUT2D eigenvalue weighted by Crippen LogP contribution is 2.33. The first-order valence-corrected chi connectivity index (χ1v) is 8.79. The van der Waals surface area contributed by atoms with E-state index in [9.17, 15) is 14.4 Å². The lowest BCUT2D eigenvalue weighted by Gasteiger charge is -2.34. The summed E-state index contributed by atoms with van der Waals surface area (Å²) in [4.78, 5) is 38.8. The zero-order chi connectivity index (χ0) is 19.6. The highest BCUT2D eigenvalue weighted by Gasteiger charge is 2.42. The molecule has 0 spiro atoms. The molecule has 0 bridgehead atoms. The van der Waals surface area contributed by atoms with Gasteiger partial charge in [0.1, 0.15) is 0 Å². The molecule has 27 heavy (non-hydrogen) atoms. The van der Waals surface area contributed by atoms with Crippen LogP contribution in [-0.2, 0) is 14.3 Å². The average molecular weight is 408 g/mol. The van der Waals surface area contributed by atoms with Crippen LogP contribution in [0.1, 0.15) is 6.92 Å². The summed E-state index contributed by atoms with van der Waals surface area (Å²) in [6.07, 6.45) is 0. The first-order chi connectivity index (χ1) is 12.9. The number of carbonyl (C=O) groups excluding carboxylic acids is 3. The predicted octanol–water partition coefficient (Wildman–Crippen LogP) is 3.92. The van der Waals surface area contributed by atoms with E-state index in [1.807, 2.05) is 0 Å². The zero-order valence-electron chi connectivity index (χ0n) is 14.2. The molecule has 1 aliphatic heterocycles. The molecular formula is C18H15Cl2N3O4. The van der Waals surface area contributed by atoms with E-state index < -0.39 is 23.9 Å². The number of esters is 1. The number of benzene rings is 2. The Bertz CT molecular complexity index is 919. The second-order valence-corrected chi connectivity index (χ2v) is 6.40. The molecule has 2 aromatic carbocycles. The number of nitrogens with zero attached hydrogens (tertiary/aromatic N) is 1. The van der Waals surface area contributed by atoms with Crippen molar-refractivity contribution in [3.8, 4) is 0 Å². The number of urea groups is 1. The van der Waals surface area contributed by atoms with Crippen LogP contribution in [0.3, 0.4) is 0 Å². The van der Waals surface area contributed by atoms with Crippen LogP contribution in [-0.4, -0.2) is 30.6 Å². The molecule has 1 heterocycles. The molecule has 0 aliphatic carbocycles. The standard InChI is InChI=1S/C18H15Cl2N3O4/c1-2-27-17(25)15-16(24)22-13-5-3-4-6-14(13)23(15)18(26)21-10-7-8-11(19)12(20)9-10/h3-9,15H,2H2,1H3,(H,21,26)(H,22,24)/t15-/m1/s1. The minimum Gasteiger partial charge on any atom is -0.464 e. The minimum absolute atomic E-state index is 0.0759. The average Bonchev–Trinajstić information content (AvgIpc) is 2.63. The van der Waals surface area contributed by atoms with Crippen LogP contribution in [0.25, 0.3) is 0 Å². The molecule has 7 nitrogen and oxygen atoms in total. The van der Waals surface area contributed by atoms with Crippen molar-refractivity contribution in [1.82, 2.24) is 0 Å². The zero-order valence-corrected chi connectivity index (χ0v) is 15.7. The summed E-state index contributed by atoms with van der Waals surface area (Å²) in [5.41, 5.74) is 1.14. The van der Waals surface area contributed by atoms with Crippen LogP contribution >= 0.6 is 23.2 Å². The van der Waals surface area contributed by atoms with Gasteiger partial charge in [0.05, 0.1) is 28.0 Å². The molecule has 9 heteroatoms. The first kappa shape index (κ1) is 19.0. The van der Waals surface area contributed by atoms with E-state index in [0.717, 1.165) is 4.90 Å². The van der Waals surface area contributed by atoms with Crippen molar-refractivity contribution in [2.75, 3.05) is 22.1 Å². The molecule has 0 unspecified atom stereocenters. The van der Waals surface area contributed by atoms with Crippen LogP contribution < -0.4 is 15.5 Å². The molecule has 0 fully saturated rings. The minimum atomic E-state index is -1.46. The summed E-state index contributed by atoms with van der Waals surface area (Å²) in [5, 5.41) is 5.83. The van der Waals surface area contributed by atoms with Crippen molar-refractivity contribution in [3.63, 3.8) is 0 Å². The molecule has 0 saturated heterocycles. The van der Waals surface area contributed by atoms with E-state index in [1.54, 1.807) is 37.3 Å². The number of para-hydroxylation sites is 2. The van der Waals surface area contributed by atoms with E-state index in [4.69, 9.17) is 27.9 Å². The van der Waals surface area contributed by atoms with Gasteiger partial charge in [0.15, 0.2) is 0 Å². The summed E-state index contributed by atoms with van der Waals surface area (Å²) in [5.74, 6) is -1.48. The largest absolute Gasteiger partial charge is 0.464 e. The Morgan fingerprint density at radius 2 is 1.93 bits per heavy atom. The van der Waals surface area contributed by atoms with Crippen molar-refractivity contribution in [1.29, 1.82) is 0 Å². The van der Waals surface area contributed by atoms with Gasteiger partial charge in [-0.2, -0.15) is 0 Å². The normalized spacial score (nSPS) is 15.6. The maximum absolute atomic E-state index is 12.9. The van der Waals surface area contributed by atoms with Crippen molar-refractivity contribution < 1.29 is 19.1 Å². The predicted molar refractivity (Wildman–Crippen MR) is 103 cm³/mol. The number of ether oxygens (including phenoxy) is 1. The molecule has 3 amide bonds. The maximum atomic E-state index is 12.9. The van der Waals surface area contributed by atoms with E-state index in [2.05, 4.69) is 10.6 Å². The summed E-state index contributed by atoms with van der Waals surface area (Å²) in [7, 11) is 0. The fourth-order valence-electron chi connectivity index (χ4n) is 2.66. The monoisotopic (exact) mass is 407 g/mol. The summed E-state index contributed by atoms with van der Waals surface area (Å²) in [6, 6.07) is 9.06. The number of fused-ring (bicyclic) bond motifs is 1. The van der Waals surface area contributed by atoms with Crippen LogP contribution in [0, 0.1) is 0 Å². The van der Waals surface area contributed by atoms with Gasteiger partial charge in [-0.05, 0) is 37.3 Å². The summed E-state index contributed by atoms with van der Waals surface area (Å²) in [6.45, 7) is 1.69. The van der Waals surface area contributed by atoms with Crippen molar-refractivity contribution in [2.24, 2.45) is 0 Å². The lowest BCUT2D eigenvalue weighted by molar-refractivity contribution is -0.147. The number of anilines is 3. The Labute approximate surface area is 165 Å². The van der Waals surface area contributed by atoms with Gasteiger partial charge in [0.25, 0.3) is 5.91 Å². The number of hydrogen-bond donors (Lipinski definition) is 2. The van der Waals surface area contributed by atoms with Crippen LogP contribution in [0.4, 0.5) is 21.9 Å². The lowest BCUT2D eigenvalue weighted by atomic mass is 10.1. The van der Waals surface area contributed by atoms with Crippen LogP contribution in [0.2, 0.25) is 10.0 Å². The number of nitrogens with one attached hydrogen (secondary N) is 2. The third-order valence-corrected chi connectivity index (χ3v) is 4.57. The molecule has 2 N–H and O–H groups in total. The summed E-state index contributed by atoms with van der Waals surface area (Å²) >= 11 is 11.9. The van der Waals surface area contributed by atoms with Crippen molar-refractivity contribution in [2.45, 2.75) is 13.0 Å². The second kappa shape index (κ2) is 7.85. The molecule has 0 aromatic heterocycles. The molecule has 0 radical (unpaired) electrons. The van der Waals surface area contributed by atoms with Gasteiger partial charge < -0.3 is 15.4 Å².